The lowest BCUT2D eigenvalue weighted by Crippen LogP contribution is -2.42. The van der Waals surface area contributed by atoms with Gasteiger partial charge in [0.15, 0.2) is 10.8 Å². The third-order valence-electron chi connectivity index (χ3n) is 4.68. The molecule has 32 heavy (non-hydrogen) atoms. The second kappa shape index (κ2) is 9.19. The zero-order valence-electron chi connectivity index (χ0n) is 19.3. The van der Waals surface area contributed by atoms with E-state index in [1.165, 1.54) is 6.33 Å². The first-order chi connectivity index (χ1) is 14.8. The molecule has 0 spiro atoms. The largest absolute Gasteiger partial charge is 0.458 e. The number of ether oxygens (including phenoxy) is 3. The Morgan fingerprint density at radius 1 is 1.09 bits per heavy atom. The number of carbonyl (C=O) groups excluding carboxylic acids is 2. The molecule has 0 unspecified atom stereocenters. The number of rotatable bonds is 5. The van der Waals surface area contributed by atoms with Gasteiger partial charge in [0.25, 0.3) is 0 Å². The standard InChI is InChI=1S/C21H30ClN5O5/c1-20(2,3)31-15(28)10-30-9-14-7-13(8-26(14)19(29)32-21(4,5)6)27-12-25-16-17(22)23-11-24-18(16)27/h11-14H,7-10H2,1-6H3/t13-,14-/m0/s1. The number of aromatic nitrogens is 4. The van der Waals surface area contributed by atoms with Gasteiger partial charge in [-0.3, -0.25) is 0 Å². The van der Waals surface area contributed by atoms with Crippen molar-refractivity contribution in [2.45, 2.75) is 71.2 Å². The van der Waals surface area contributed by atoms with Crippen LogP contribution in [0.15, 0.2) is 12.7 Å². The molecule has 0 bridgehead atoms. The van der Waals surface area contributed by atoms with Crippen molar-refractivity contribution in [2.24, 2.45) is 0 Å². The van der Waals surface area contributed by atoms with Crippen LogP contribution in [0.2, 0.25) is 5.15 Å². The number of fused-ring (bicyclic) bond motifs is 1. The summed E-state index contributed by atoms with van der Waals surface area (Å²) >= 11 is 6.13. The highest BCUT2D eigenvalue weighted by atomic mass is 35.5. The normalized spacial score (nSPS) is 19.4. The molecule has 1 fully saturated rings. The Balaban J connectivity index is 1.74. The molecule has 1 amide bonds. The number of halogens is 1. The molecule has 2 atom stereocenters. The highest BCUT2D eigenvalue weighted by Gasteiger charge is 2.39. The van der Waals surface area contributed by atoms with Crippen LogP contribution in [-0.4, -0.2) is 73.5 Å². The minimum Gasteiger partial charge on any atom is -0.458 e. The highest BCUT2D eigenvalue weighted by molar-refractivity contribution is 6.33. The van der Waals surface area contributed by atoms with Gasteiger partial charge >= 0.3 is 12.1 Å². The van der Waals surface area contributed by atoms with Gasteiger partial charge in [-0.25, -0.2) is 24.5 Å². The first-order valence-electron chi connectivity index (χ1n) is 10.5. The topological polar surface area (TPSA) is 109 Å². The molecule has 2 aromatic rings. The number of nitrogens with zero attached hydrogens (tertiary/aromatic N) is 5. The van der Waals surface area contributed by atoms with Crippen LogP contribution in [0.3, 0.4) is 0 Å². The summed E-state index contributed by atoms with van der Waals surface area (Å²) in [6.07, 6.45) is 3.15. The third kappa shape index (κ3) is 6.07. The highest BCUT2D eigenvalue weighted by Crippen LogP contribution is 2.32. The third-order valence-corrected chi connectivity index (χ3v) is 4.95. The number of carbonyl (C=O) groups is 2. The van der Waals surface area contributed by atoms with Gasteiger partial charge in [-0.05, 0) is 48.0 Å². The maximum Gasteiger partial charge on any atom is 0.410 e. The Hall–Kier alpha value is -2.46. The van der Waals surface area contributed by atoms with Crippen LogP contribution in [0.5, 0.6) is 0 Å². The summed E-state index contributed by atoms with van der Waals surface area (Å²) in [6, 6.07) is -0.416. The molecule has 0 aromatic carbocycles. The Kier molecular flexibility index (Phi) is 6.94. The van der Waals surface area contributed by atoms with Crippen molar-refractivity contribution in [3.05, 3.63) is 17.8 Å². The summed E-state index contributed by atoms with van der Waals surface area (Å²) in [5, 5.41) is 0.271. The Morgan fingerprint density at radius 2 is 1.78 bits per heavy atom. The Bertz CT molecular complexity index is 981. The maximum atomic E-state index is 12.9. The molecular weight excluding hydrogens is 438 g/mol. The van der Waals surface area contributed by atoms with E-state index in [1.54, 1.807) is 32.0 Å². The summed E-state index contributed by atoms with van der Waals surface area (Å²) in [5.41, 5.74) is -0.135. The molecule has 10 nitrogen and oxygen atoms in total. The summed E-state index contributed by atoms with van der Waals surface area (Å²) in [7, 11) is 0. The minimum absolute atomic E-state index is 0.117. The molecular formula is C21H30ClN5O5. The molecule has 1 aliphatic heterocycles. The van der Waals surface area contributed by atoms with Crippen molar-refractivity contribution in [1.29, 1.82) is 0 Å². The van der Waals surface area contributed by atoms with Crippen molar-refractivity contribution in [3.63, 3.8) is 0 Å². The molecule has 176 valence electrons. The lowest BCUT2D eigenvalue weighted by atomic mass is 10.2. The smallest absolute Gasteiger partial charge is 0.410 e. The fourth-order valence-corrected chi connectivity index (χ4v) is 3.71. The molecule has 1 saturated heterocycles. The average Bonchev–Trinajstić information content (AvgIpc) is 3.23. The van der Waals surface area contributed by atoms with E-state index < -0.39 is 23.3 Å². The lowest BCUT2D eigenvalue weighted by molar-refractivity contribution is -0.160. The quantitative estimate of drug-likeness (QED) is 0.486. The van der Waals surface area contributed by atoms with Crippen LogP contribution in [-0.2, 0) is 19.0 Å². The van der Waals surface area contributed by atoms with Crippen molar-refractivity contribution in [1.82, 2.24) is 24.4 Å². The van der Waals surface area contributed by atoms with Gasteiger partial charge in [-0.15, -0.1) is 0 Å². The number of amides is 1. The maximum absolute atomic E-state index is 12.9. The van der Waals surface area contributed by atoms with Crippen LogP contribution in [0.25, 0.3) is 11.2 Å². The molecule has 1 aliphatic rings. The first-order valence-corrected chi connectivity index (χ1v) is 10.8. The van der Waals surface area contributed by atoms with E-state index in [-0.39, 0.29) is 30.5 Å². The van der Waals surface area contributed by atoms with E-state index in [4.69, 9.17) is 25.8 Å². The number of hydrogen-bond donors (Lipinski definition) is 0. The van der Waals surface area contributed by atoms with E-state index >= 15 is 0 Å². The zero-order chi connectivity index (χ0) is 23.7. The van der Waals surface area contributed by atoms with Crippen LogP contribution >= 0.6 is 11.6 Å². The predicted molar refractivity (Wildman–Crippen MR) is 117 cm³/mol. The van der Waals surface area contributed by atoms with Crippen molar-refractivity contribution >= 4 is 34.8 Å². The monoisotopic (exact) mass is 467 g/mol. The summed E-state index contributed by atoms with van der Waals surface area (Å²) in [6.45, 7) is 11.2. The molecule has 0 N–H and O–H groups in total. The average molecular weight is 468 g/mol. The summed E-state index contributed by atoms with van der Waals surface area (Å²) in [4.78, 5) is 39.0. The van der Waals surface area contributed by atoms with E-state index in [0.717, 1.165) is 0 Å². The Morgan fingerprint density at radius 3 is 2.44 bits per heavy atom. The fraction of sp³-hybridized carbons (Fsp3) is 0.667. The molecule has 0 aliphatic carbocycles. The van der Waals surface area contributed by atoms with Crippen LogP contribution < -0.4 is 0 Å². The molecule has 0 saturated carbocycles. The van der Waals surface area contributed by atoms with Gasteiger partial charge in [-0.2, -0.15) is 0 Å². The molecule has 2 aromatic heterocycles. The van der Waals surface area contributed by atoms with E-state index in [1.807, 2.05) is 25.3 Å². The van der Waals surface area contributed by atoms with Crippen molar-refractivity contribution in [3.8, 4) is 0 Å². The minimum atomic E-state index is -0.639. The summed E-state index contributed by atoms with van der Waals surface area (Å²) in [5.74, 6) is -0.456. The second-order valence-electron chi connectivity index (χ2n) is 9.77. The van der Waals surface area contributed by atoms with Gasteiger partial charge in [0, 0.05) is 6.54 Å². The molecule has 11 heteroatoms. The zero-order valence-corrected chi connectivity index (χ0v) is 20.0. The van der Waals surface area contributed by atoms with Gasteiger partial charge < -0.3 is 23.7 Å². The van der Waals surface area contributed by atoms with Crippen LogP contribution in [0, 0.1) is 0 Å². The van der Waals surface area contributed by atoms with E-state index in [2.05, 4.69) is 15.0 Å². The molecule has 3 rings (SSSR count). The predicted octanol–water partition coefficient (Wildman–Crippen LogP) is 3.39. The first kappa shape index (κ1) is 24.2. The SMILES string of the molecule is CC(C)(C)OC(=O)COC[C@@H]1C[C@H](n2cnc3c(Cl)ncnc32)CN1C(=O)OC(C)(C)C. The number of hydrogen-bond acceptors (Lipinski definition) is 8. The van der Waals surface area contributed by atoms with Crippen molar-refractivity contribution in [2.75, 3.05) is 19.8 Å². The second-order valence-corrected chi connectivity index (χ2v) is 10.1. The molecule has 3 heterocycles. The fourth-order valence-electron chi connectivity index (χ4n) is 3.54. The number of esters is 1. The van der Waals surface area contributed by atoms with Gasteiger partial charge in [0.1, 0.15) is 29.7 Å². The Labute approximate surface area is 192 Å². The van der Waals surface area contributed by atoms with Crippen molar-refractivity contribution < 1.29 is 23.8 Å². The van der Waals surface area contributed by atoms with E-state index in [9.17, 15) is 9.59 Å². The number of likely N-dealkylation sites (tertiary alicyclic amines) is 1. The molecule has 0 radical (unpaired) electrons. The van der Waals surface area contributed by atoms with Gasteiger partial charge in [0.2, 0.25) is 0 Å². The van der Waals surface area contributed by atoms with Gasteiger partial charge in [0.05, 0.1) is 25.0 Å². The van der Waals surface area contributed by atoms with Gasteiger partial charge in [-0.1, -0.05) is 11.6 Å². The van der Waals surface area contributed by atoms with Crippen LogP contribution in [0.1, 0.15) is 54.0 Å². The summed E-state index contributed by atoms with van der Waals surface area (Å²) < 4.78 is 18.4. The lowest BCUT2D eigenvalue weighted by Gasteiger charge is -2.28. The van der Waals surface area contributed by atoms with E-state index in [0.29, 0.717) is 24.1 Å². The van der Waals surface area contributed by atoms with Crippen LogP contribution in [0.4, 0.5) is 4.79 Å². The number of imidazole rings is 1.